The van der Waals surface area contributed by atoms with Gasteiger partial charge in [0.1, 0.15) is 5.76 Å². The van der Waals surface area contributed by atoms with Crippen molar-refractivity contribution in [2.75, 3.05) is 13.2 Å². The zero-order chi connectivity index (χ0) is 15.9. The van der Waals surface area contributed by atoms with Gasteiger partial charge in [-0.15, -0.1) is 12.4 Å². The number of oxazole rings is 1. The Morgan fingerprint density at radius 1 is 0.909 bits per heavy atom. The van der Waals surface area contributed by atoms with Crippen LogP contribution < -0.4 is 0 Å². The molecular weight excluding hydrogens is 321 g/mol. The van der Waals surface area contributed by atoms with Gasteiger partial charge in [0, 0.05) is 26.1 Å². The normalized spacial score (nSPS) is 9.86. The second-order valence-electron chi connectivity index (χ2n) is 5.02. The second-order valence-corrected chi connectivity index (χ2v) is 5.38. The monoisotopic (exact) mass is 353 g/mol. The maximum atomic E-state index is 6.03. The third-order valence-electron chi connectivity index (χ3n) is 3.10. The summed E-state index contributed by atoms with van der Waals surface area (Å²) in [4.78, 5) is 4.26. The second kappa shape index (κ2) is 17.1. The van der Waals surface area contributed by atoms with E-state index in [1.807, 2.05) is 13.8 Å². The van der Waals surface area contributed by atoms with Crippen LogP contribution in [0.1, 0.15) is 77.9 Å². The first-order chi connectivity index (χ1) is 10.2. The number of hydrogen-bond donors (Lipinski definition) is 0. The summed E-state index contributed by atoms with van der Waals surface area (Å²) in [5.41, 5.74) is 0. The van der Waals surface area contributed by atoms with Crippen molar-refractivity contribution in [3.8, 4) is 0 Å². The zero-order valence-electron chi connectivity index (χ0n) is 14.6. The van der Waals surface area contributed by atoms with Crippen LogP contribution in [0.25, 0.3) is 0 Å². The molecule has 1 aromatic heterocycles. The van der Waals surface area contributed by atoms with Gasteiger partial charge in [0.05, 0.1) is 0 Å². The molecule has 0 N–H and O–H groups in total. The van der Waals surface area contributed by atoms with Crippen LogP contribution in [0.2, 0.25) is 5.15 Å². The van der Waals surface area contributed by atoms with E-state index in [4.69, 9.17) is 20.8 Å². The first-order valence-electron chi connectivity index (χ1n) is 8.41. The van der Waals surface area contributed by atoms with E-state index in [2.05, 4.69) is 18.8 Å². The van der Waals surface area contributed by atoms with Crippen molar-refractivity contribution in [3.63, 3.8) is 0 Å². The van der Waals surface area contributed by atoms with Crippen molar-refractivity contribution in [2.45, 2.75) is 79.1 Å². The maximum Gasteiger partial charge on any atom is 0.195 e. The molecule has 0 saturated heterocycles. The predicted octanol–water partition coefficient (Wildman–Crippen LogP) is 6.26. The number of hydrogen-bond acceptors (Lipinski definition) is 3. The Hall–Kier alpha value is -0.250. The topological polar surface area (TPSA) is 35.3 Å². The van der Waals surface area contributed by atoms with E-state index in [1.54, 1.807) is 0 Å². The molecule has 0 bridgehead atoms. The molecule has 22 heavy (non-hydrogen) atoms. The molecule has 0 amide bonds. The van der Waals surface area contributed by atoms with Crippen LogP contribution in [0.15, 0.2) is 4.42 Å². The van der Waals surface area contributed by atoms with Crippen LogP contribution in [-0.4, -0.2) is 18.2 Å². The Morgan fingerprint density at radius 2 is 1.45 bits per heavy atom. The molecule has 0 aliphatic heterocycles. The first kappa shape index (κ1) is 24.0. The lowest BCUT2D eigenvalue weighted by Gasteiger charge is -1.96. The number of aromatic nitrogens is 1. The fraction of sp³-hybridized carbons (Fsp3) is 0.824. The van der Waals surface area contributed by atoms with E-state index in [1.165, 1.54) is 25.7 Å². The third kappa shape index (κ3) is 12.3. The zero-order valence-corrected chi connectivity index (χ0v) is 16.2. The van der Waals surface area contributed by atoms with Gasteiger partial charge < -0.3 is 9.15 Å². The van der Waals surface area contributed by atoms with E-state index >= 15 is 0 Å². The number of aryl methyl sites for hydroxylation is 2. The molecule has 0 aromatic carbocycles. The molecule has 5 heteroatoms. The first-order valence-corrected chi connectivity index (χ1v) is 8.79. The number of unbranched alkanes of at least 4 members (excludes halogenated alkanes) is 4. The molecule has 0 radical (unpaired) electrons. The molecule has 0 spiro atoms. The van der Waals surface area contributed by atoms with Crippen molar-refractivity contribution in [3.05, 3.63) is 16.8 Å². The molecule has 0 fully saturated rings. The summed E-state index contributed by atoms with van der Waals surface area (Å²) in [6, 6.07) is 0. The molecular formula is C17H33Cl2NO2. The van der Waals surface area contributed by atoms with Gasteiger partial charge in [-0.3, -0.25) is 0 Å². The van der Waals surface area contributed by atoms with Gasteiger partial charge in [0.2, 0.25) is 0 Å². The molecule has 0 unspecified atom stereocenters. The average molecular weight is 354 g/mol. The Labute approximate surface area is 147 Å². The van der Waals surface area contributed by atoms with Crippen LogP contribution in [0.4, 0.5) is 0 Å². The van der Waals surface area contributed by atoms with Crippen molar-refractivity contribution in [2.24, 2.45) is 0 Å². The predicted molar refractivity (Wildman–Crippen MR) is 97.4 cm³/mol. The number of rotatable bonds is 10. The molecule has 0 atom stereocenters. The van der Waals surface area contributed by atoms with Gasteiger partial charge in [-0.25, -0.2) is 4.98 Å². The summed E-state index contributed by atoms with van der Waals surface area (Å²) in [5, 5.41) is 0.572. The minimum atomic E-state index is 0. The Bertz CT molecular complexity index is 341. The minimum Gasteiger partial charge on any atom is -0.444 e. The van der Waals surface area contributed by atoms with E-state index in [9.17, 15) is 0 Å². The largest absolute Gasteiger partial charge is 0.444 e. The van der Waals surface area contributed by atoms with Crippen LogP contribution in [0, 0.1) is 0 Å². The van der Waals surface area contributed by atoms with Crippen LogP contribution in [0.5, 0.6) is 0 Å². The quantitative estimate of drug-likeness (QED) is 0.465. The molecule has 1 aromatic rings. The minimum absolute atomic E-state index is 0. The highest BCUT2D eigenvalue weighted by Gasteiger charge is 2.10. The lowest BCUT2D eigenvalue weighted by Crippen LogP contribution is -1.84. The number of nitrogens with zero attached hydrogens (tertiary/aromatic N) is 1. The van der Waals surface area contributed by atoms with Gasteiger partial charge >= 0.3 is 0 Å². The fourth-order valence-electron chi connectivity index (χ4n) is 1.91. The van der Waals surface area contributed by atoms with E-state index in [0.29, 0.717) is 5.15 Å². The third-order valence-corrected chi connectivity index (χ3v) is 3.40. The Balaban J connectivity index is 0. The standard InChI is InChI=1S/C13H22ClNO.C4H10O.ClH/c1-3-5-7-9-11-13(14)15-12(16-11)10-8-6-4-2;1-3-5-4-2;/h3-10H2,1-2H3;3-4H2,1-2H3;1H. The highest BCUT2D eigenvalue weighted by atomic mass is 35.5. The Kier molecular flexibility index (Phi) is 18.7. The van der Waals surface area contributed by atoms with E-state index < -0.39 is 0 Å². The average Bonchev–Trinajstić information content (AvgIpc) is 2.82. The molecule has 0 saturated carbocycles. The van der Waals surface area contributed by atoms with Crippen molar-refractivity contribution in [1.29, 1.82) is 0 Å². The summed E-state index contributed by atoms with van der Waals surface area (Å²) in [5.74, 6) is 1.69. The molecule has 132 valence electrons. The number of halogens is 2. The summed E-state index contributed by atoms with van der Waals surface area (Å²) in [7, 11) is 0. The lowest BCUT2D eigenvalue weighted by molar-refractivity contribution is 0.162. The highest BCUT2D eigenvalue weighted by molar-refractivity contribution is 6.29. The van der Waals surface area contributed by atoms with E-state index in [0.717, 1.165) is 50.5 Å². The molecule has 0 aliphatic rings. The Morgan fingerprint density at radius 3 is 1.91 bits per heavy atom. The molecule has 0 aliphatic carbocycles. The fourth-order valence-corrected chi connectivity index (χ4v) is 2.13. The van der Waals surface area contributed by atoms with Crippen molar-refractivity contribution >= 4 is 24.0 Å². The van der Waals surface area contributed by atoms with Gasteiger partial charge in [-0.1, -0.05) is 51.1 Å². The summed E-state index contributed by atoms with van der Waals surface area (Å²) < 4.78 is 10.5. The SMILES string of the molecule is CCCCCc1nc(Cl)c(CCCCC)o1.CCOCC.Cl. The van der Waals surface area contributed by atoms with Gasteiger partial charge in [-0.05, 0) is 26.7 Å². The van der Waals surface area contributed by atoms with Crippen LogP contribution in [-0.2, 0) is 17.6 Å². The van der Waals surface area contributed by atoms with Gasteiger partial charge in [-0.2, -0.15) is 0 Å². The molecule has 3 nitrogen and oxygen atoms in total. The highest BCUT2D eigenvalue weighted by Crippen LogP contribution is 2.20. The van der Waals surface area contributed by atoms with Crippen LogP contribution in [0.3, 0.4) is 0 Å². The molecule has 1 heterocycles. The van der Waals surface area contributed by atoms with E-state index in [-0.39, 0.29) is 12.4 Å². The number of ether oxygens (including phenoxy) is 1. The van der Waals surface area contributed by atoms with Crippen LogP contribution >= 0.6 is 24.0 Å². The van der Waals surface area contributed by atoms with Crippen molar-refractivity contribution < 1.29 is 9.15 Å². The maximum absolute atomic E-state index is 6.03. The van der Waals surface area contributed by atoms with Gasteiger partial charge in [0.15, 0.2) is 11.0 Å². The lowest BCUT2D eigenvalue weighted by atomic mass is 10.2. The van der Waals surface area contributed by atoms with Crippen molar-refractivity contribution in [1.82, 2.24) is 4.98 Å². The smallest absolute Gasteiger partial charge is 0.195 e. The summed E-state index contributed by atoms with van der Waals surface area (Å²) in [6.07, 6.45) is 9.01. The molecule has 1 rings (SSSR count). The summed E-state index contributed by atoms with van der Waals surface area (Å²) in [6.45, 7) is 10.1. The van der Waals surface area contributed by atoms with Gasteiger partial charge in [0.25, 0.3) is 0 Å². The summed E-state index contributed by atoms with van der Waals surface area (Å²) >= 11 is 6.03.